The van der Waals surface area contributed by atoms with Crippen LogP contribution in [0.3, 0.4) is 0 Å². The van der Waals surface area contributed by atoms with E-state index in [0.29, 0.717) is 12.6 Å². The molecular formula is C14H21N3O. The van der Waals surface area contributed by atoms with Crippen LogP contribution in [0.2, 0.25) is 0 Å². The van der Waals surface area contributed by atoms with Crippen LogP contribution >= 0.6 is 0 Å². The number of imidazole rings is 1. The molecule has 98 valence electrons. The van der Waals surface area contributed by atoms with Gasteiger partial charge in [-0.2, -0.15) is 0 Å². The van der Waals surface area contributed by atoms with Gasteiger partial charge in [-0.15, -0.1) is 0 Å². The van der Waals surface area contributed by atoms with Crippen molar-refractivity contribution in [2.75, 3.05) is 19.5 Å². The zero-order chi connectivity index (χ0) is 13.1. The van der Waals surface area contributed by atoms with E-state index in [4.69, 9.17) is 10.5 Å². The lowest BCUT2D eigenvalue weighted by atomic mass is 10.2. The molecule has 0 bridgehead atoms. The fourth-order valence-electron chi connectivity index (χ4n) is 2.39. The maximum absolute atomic E-state index is 5.82. The van der Waals surface area contributed by atoms with Crippen LogP contribution in [0.15, 0.2) is 18.2 Å². The van der Waals surface area contributed by atoms with Crippen molar-refractivity contribution in [1.82, 2.24) is 9.55 Å². The molecule has 18 heavy (non-hydrogen) atoms. The predicted molar refractivity (Wildman–Crippen MR) is 74.7 cm³/mol. The third-order valence-corrected chi connectivity index (χ3v) is 3.30. The van der Waals surface area contributed by atoms with Crippen LogP contribution in [0.4, 0.5) is 5.69 Å². The third-order valence-electron chi connectivity index (χ3n) is 3.30. The van der Waals surface area contributed by atoms with E-state index in [1.165, 1.54) is 0 Å². The highest BCUT2D eigenvalue weighted by molar-refractivity contribution is 5.79. The number of hydrogen-bond donors (Lipinski definition) is 1. The van der Waals surface area contributed by atoms with Crippen molar-refractivity contribution in [2.24, 2.45) is 0 Å². The van der Waals surface area contributed by atoms with E-state index >= 15 is 0 Å². The Kier molecular flexibility index (Phi) is 3.87. The topological polar surface area (TPSA) is 53.1 Å². The zero-order valence-corrected chi connectivity index (χ0v) is 11.3. The molecule has 0 fully saturated rings. The molecule has 0 saturated carbocycles. The fourth-order valence-corrected chi connectivity index (χ4v) is 2.39. The highest BCUT2D eigenvalue weighted by atomic mass is 16.5. The Morgan fingerprint density at radius 1 is 1.39 bits per heavy atom. The van der Waals surface area contributed by atoms with Crippen LogP contribution in [0.1, 0.15) is 32.1 Å². The summed E-state index contributed by atoms with van der Waals surface area (Å²) in [5, 5.41) is 0. The van der Waals surface area contributed by atoms with Crippen molar-refractivity contribution in [2.45, 2.75) is 32.7 Å². The summed E-state index contributed by atoms with van der Waals surface area (Å²) in [7, 11) is 1.74. The lowest BCUT2D eigenvalue weighted by Crippen LogP contribution is -2.16. The Morgan fingerprint density at radius 3 is 2.78 bits per heavy atom. The van der Waals surface area contributed by atoms with E-state index in [1.54, 1.807) is 7.11 Å². The van der Waals surface area contributed by atoms with Gasteiger partial charge >= 0.3 is 0 Å². The van der Waals surface area contributed by atoms with Gasteiger partial charge in [-0.05, 0) is 24.6 Å². The molecule has 1 aromatic heterocycles. The molecule has 4 heteroatoms. The number of anilines is 1. The number of hydrogen-bond acceptors (Lipinski definition) is 3. The Bertz CT molecular complexity index is 533. The number of aryl methyl sites for hydroxylation is 1. The molecule has 1 unspecified atom stereocenters. The van der Waals surface area contributed by atoms with Gasteiger partial charge in [-0.3, -0.25) is 0 Å². The molecule has 4 nitrogen and oxygen atoms in total. The van der Waals surface area contributed by atoms with E-state index in [9.17, 15) is 0 Å². The Hall–Kier alpha value is -1.55. The first-order chi connectivity index (χ1) is 8.71. The molecule has 1 heterocycles. The molecule has 2 aromatic rings. The van der Waals surface area contributed by atoms with E-state index in [2.05, 4.69) is 29.5 Å². The molecule has 0 amide bonds. The van der Waals surface area contributed by atoms with E-state index < -0.39 is 0 Å². The number of aromatic nitrogens is 2. The molecule has 2 rings (SSSR count). The lowest BCUT2D eigenvalue weighted by Gasteiger charge is -2.19. The first-order valence-electron chi connectivity index (χ1n) is 6.46. The van der Waals surface area contributed by atoms with Crippen molar-refractivity contribution in [3.05, 3.63) is 24.0 Å². The largest absolute Gasteiger partial charge is 0.399 e. The molecule has 0 spiro atoms. The van der Waals surface area contributed by atoms with Gasteiger partial charge in [-0.25, -0.2) is 4.98 Å². The average molecular weight is 247 g/mol. The highest BCUT2D eigenvalue weighted by Crippen LogP contribution is 2.25. The number of nitrogens with two attached hydrogens (primary N) is 1. The maximum Gasteiger partial charge on any atom is 0.109 e. The number of methoxy groups -OCH3 is 1. The molecule has 0 aliphatic carbocycles. The first-order valence-corrected chi connectivity index (χ1v) is 6.46. The van der Waals surface area contributed by atoms with Gasteiger partial charge in [0, 0.05) is 19.2 Å². The van der Waals surface area contributed by atoms with Gasteiger partial charge in [0.2, 0.25) is 0 Å². The van der Waals surface area contributed by atoms with Gasteiger partial charge in [0.15, 0.2) is 0 Å². The molecule has 2 N–H and O–H groups in total. The predicted octanol–water partition coefficient (Wildman–Crippen LogP) is 2.78. The molecule has 0 radical (unpaired) electrons. The second kappa shape index (κ2) is 5.40. The number of ether oxygens (including phenoxy) is 1. The van der Waals surface area contributed by atoms with Crippen LogP contribution in [0.5, 0.6) is 0 Å². The zero-order valence-electron chi connectivity index (χ0n) is 11.3. The summed E-state index contributed by atoms with van der Waals surface area (Å²) in [5.74, 6) is 1.10. The normalized spacial score (nSPS) is 13.1. The lowest BCUT2D eigenvalue weighted by molar-refractivity contribution is 0.153. The van der Waals surface area contributed by atoms with Crippen LogP contribution in [-0.4, -0.2) is 23.3 Å². The van der Waals surface area contributed by atoms with Crippen LogP contribution < -0.4 is 5.73 Å². The Balaban J connectivity index is 2.58. The second-order valence-electron chi connectivity index (χ2n) is 4.52. The SMILES string of the molecule is CCc1nc2cc(N)ccc2n1C(CC)COC. The van der Waals surface area contributed by atoms with Gasteiger partial charge in [-0.1, -0.05) is 13.8 Å². The van der Waals surface area contributed by atoms with Gasteiger partial charge in [0.25, 0.3) is 0 Å². The minimum Gasteiger partial charge on any atom is -0.399 e. The number of fused-ring (bicyclic) bond motifs is 1. The highest BCUT2D eigenvalue weighted by Gasteiger charge is 2.16. The second-order valence-corrected chi connectivity index (χ2v) is 4.52. The van der Waals surface area contributed by atoms with E-state index in [1.807, 2.05) is 12.1 Å². The number of nitrogen functional groups attached to an aromatic ring is 1. The summed E-state index contributed by atoms with van der Waals surface area (Å²) in [6, 6.07) is 6.25. The summed E-state index contributed by atoms with van der Waals surface area (Å²) in [6.07, 6.45) is 1.94. The van der Waals surface area contributed by atoms with Crippen molar-refractivity contribution in [3.8, 4) is 0 Å². The number of benzene rings is 1. The third kappa shape index (κ3) is 2.20. The number of rotatable bonds is 5. The van der Waals surface area contributed by atoms with Crippen LogP contribution in [0.25, 0.3) is 11.0 Å². The molecule has 0 aliphatic heterocycles. The minimum atomic E-state index is 0.332. The summed E-state index contributed by atoms with van der Waals surface area (Å²) in [4.78, 5) is 4.67. The van der Waals surface area contributed by atoms with Gasteiger partial charge in [0.05, 0.1) is 23.7 Å². The molecular weight excluding hydrogens is 226 g/mol. The summed E-state index contributed by atoms with van der Waals surface area (Å²) >= 11 is 0. The van der Waals surface area contributed by atoms with Crippen LogP contribution in [-0.2, 0) is 11.2 Å². The van der Waals surface area contributed by atoms with E-state index in [-0.39, 0.29) is 0 Å². The molecule has 1 aromatic carbocycles. The van der Waals surface area contributed by atoms with Crippen molar-refractivity contribution >= 4 is 16.7 Å². The fraction of sp³-hybridized carbons (Fsp3) is 0.500. The summed E-state index contributed by atoms with van der Waals surface area (Å²) in [6.45, 7) is 5.01. The Morgan fingerprint density at radius 2 is 2.17 bits per heavy atom. The molecule has 0 aliphatic rings. The monoisotopic (exact) mass is 247 g/mol. The van der Waals surface area contributed by atoms with Crippen molar-refractivity contribution < 1.29 is 4.74 Å². The first kappa shape index (κ1) is 12.9. The quantitative estimate of drug-likeness (QED) is 0.827. The van der Waals surface area contributed by atoms with Gasteiger partial charge < -0.3 is 15.0 Å². The minimum absolute atomic E-state index is 0.332. The summed E-state index contributed by atoms with van der Waals surface area (Å²) < 4.78 is 7.61. The summed E-state index contributed by atoms with van der Waals surface area (Å²) in [5.41, 5.74) is 8.69. The standard InChI is InChI=1S/C14H21N3O/c1-4-11(9-18-3)17-13-7-6-10(15)8-12(13)16-14(17)5-2/h6-8,11H,4-5,9,15H2,1-3H3. The van der Waals surface area contributed by atoms with Crippen molar-refractivity contribution in [1.29, 1.82) is 0 Å². The Labute approximate surface area is 108 Å². The molecule has 1 atom stereocenters. The number of nitrogens with zero attached hydrogens (tertiary/aromatic N) is 2. The smallest absolute Gasteiger partial charge is 0.109 e. The van der Waals surface area contributed by atoms with Gasteiger partial charge in [0.1, 0.15) is 5.82 Å². The molecule has 0 saturated heterocycles. The van der Waals surface area contributed by atoms with Crippen LogP contribution in [0, 0.1) is 0 Å². The van der Waals surface area contributed by atoms with Crippen molar-refractivity contribution in [3.63, 3.8) is 0 Å². The van der Waals surface area contributed by atoms with E-state index in [0.717, 1.165) is 35.4 Å². The maximum atomic E-state index is 5.82. The average Bonchev–Trinajstić information content (AvgIpc) is 2.73.